The van der Waals surface area contributed by atoms with Gasteiger partial charge in [0.25, 0.3) is 0 Å². The largest absolute Gasteiger partial charge is 0.423 e. The molecule has 0 fully saturated rings. The van der Waals surface area contributed by atoms with Crippen molar-refractivity contribution in [1.82, 2.24) is 0 Å². The minimum Gasteiger partial charge on any atom is -0.326 e. The molecule has 78 valence electrons. The molecule has 0 amide bonds. The van der Waals surface area contributed by atoms with Gasteiger partial charge in [-0.25, -0.2) is 4.39 Å². The number of alkyl halides is 4. The van der Waals surface area contributed by atoms with E-state index in [1.807, 2.05) is 0 Å². The van der Waals surface area contributed by atoms with E-state index in [4.69, 9.17) is 5.73 Å². The van der Waals surface area contributed by atoms with Crippen molar-refractivity contribution >= 4 is 0 Å². The lowest BCUT2D eigenvalue weighted by atomic mass is 10.0. The van der Waals surface area contributed by atoms with E-state index in [0.717, 1.165) is 6.07 Å². The summed E-state index contributed by atoms with van der Waals surface area (Å²) in [6.45, 7) is -0.104. The number of hydrogen-bond donors (Lipinski definition) is 1. The third-order valence-corrected chi connectivity index (χ3v) is 1.84. The van der Waals surface area contributed by atoms with Gasteiger partial charge in [-0.15, -0.1) is 0 Å². The first kappa shape index (κ1) is 11.0. The van der Waals surface area contributed by atoms with Crippen molar-refractivity contribution in [3.05, 3.63) is 35.4 Å². The standard InChI is InChI=1S/C9H9F4N/c10-8(9(11,12)13)7-4-2-1-3-6(7)5-14/h1-4,8H,5,14H2. The summed E-state index contributed by atoms with van der Waals surface area (Å²) >= 11 is 0. The molecule has 0 aromatic heterocycles. The Labute approximate surface area is 78.5 Å². The van der Waals surface area contributed by atoms with Crippen molar-refractivity contribution in [2.24, 2.45) is 5.73 Å². The van der Waals surface area contributed by atoms with E-state index in [9.17, 15) is 17.6 Å². The van der Waals surface area contributed by atoms with Crippen LogP contribution in [0.1, 0.15) is 17.3 Å². The molecule has 1 rings (SSSR count). The minimum atomic E-state index is -4.87. The van der Waals surface area contributed by atoms with Crippen molar-refractivity contribution in [3.8, 4) is 0 Å². The van der Waals surface area contributed by atoms with E-state index in [0.29, 0.717) is 0 Å². The number of halogens is 4. The van der Waals surface area contributed by atoms with Gasteiger partial charge in [0, 0.05) is 6.54 Å². The molecule has 1 aromatic carbocycles. The third-order valence-electron chi connectivity index (χ3n) is 1.84. The molecule has 0 aliphatic heterocycles. The zero-order chi connectivity index (χ0) is 10.8. The van der Waals surface area contributed by atoms with Crippen LogP contribution in [0.4, 0.5) is 17.6 Å². The summed E-state index contributed by atoms with van der Waals surface area (Å²) in [5.74, 6) is 0. The fourth-order valence-electron chi connectivity index (χ4n) is 1.14. The predicted octanol–water partition coefficient (Wildman–Crippen LogP) is 2.72. The summed E-state index contributed by atoms with van der Waals surface area (Å²) in [6, 6.07) is 5.36. The maximum atomic E-state index is 12.9. The zero-order valence-electron chi connectivity index (χ0n) is 7.18. The van der Waals surface area contributed by atoms with Crippen LogP contribution in [0.5, 0.6) is 0 Å². The molecule has 1 unspecified atom stereocenters. The monoisotopic (exact) mass is 207 g/mol. The number of hydrogen-bond acceptors (Lipinski definition) is 1. The Hall–Kier alpha value is -1.10. The summed E-state index contributed by atoms with van der Waals surface area (Å²) in [7, 11) is 0. The van der Waals surface area contributed by atoms with Gasteiger partial charge in [0.05, 0.1) is 0 Å². The SMILES string of the molecule is NCc1ccccc1C(F)C(F)(F)F. The van der Waals surface area contributed by atoms with Crippen LogP contribution in [0.15, 0.2) is 24.3 Å². The van der Waals surface area contributed by atoms with E-state index in [-0.39, 0.29) is 12.1 Å². The Morgan fingerprint density at radius 3 is 2.29 bits per heavy atom. The zero-order valence-corrected chi connectivity index (χ0v) is 7.18. The molecule has 0 saturated carbocycles. The molecule has 1 atom stereocenters. The van der Waals surface area contributed by atoms with E-state index in [1.165, 1.54) is 18.2 Å². The first-order chi connectivity index (χ1) is 6.46. The molecule has 0 heterocycles. The highest BCUT2D eigenvalue weighted by Gasteiger charge is 2.42. The predicted molar refractivity (Wildman–Crippen MR) is 44.2 cm³/mol. The van der Waals surface area contributed by atoms with Crippen molar-refractivity contribution in [2.75, 3.05) is 0 Å². The Bertz CT molecular complexity index is 308. The first-order valence-corrected chi connectivity index (χ1v) is 3.95. The third kappa shape index (κ3) is 2.23. The van der Waals surface area contributed by atoms with Gasteiger partial charge in [-0.2, -0.15) is 13.2 Å². The number of benzene rings is 1. The Kier molecular flexibility index (Phi) is 3.10. The van der Waals surface area contributed by atoms with Gasteiger partial charge in [0.2, 0.25) is 6.17 Å². The summed E-state index contributed by atoms with van der Waals surface area (Å²) in [4.78, 5) is 0. The van der Waals surface area contributed by atoms with Crippen molar-refractivity contribution in [2.45, 2.75) is 18.9 Å². The van der Waals surface area contributed by atoms with Gasteiger partial charge < -0.3 is 5.73 Å². The molecule has 0 spiro atoms. The second-order valence-corrected chi connectivity index (χ2v) is 2.81. The van der Waals surface area contributed by atoms with Crippen LogP contribution < -0.4 is 5.73 Å². The van der Waals surface area contributed by atoms with Crippen LogP contribution in [-0.2, 0) is 6.54 Å². The van der Waals surface area contributed by atoms with Gasteiger partial charge in [-0.05, 0) is 11.1 Å². The molecule has 1 aromatic rings. The van der Waals surface area contributed by atoms with Crippen LogP contribution in [-0.4, -0.2) is 6.18 Å². The van der Waals surface area contributed by atoms with Crippen LogP contribution in [0.3, 0.4) is 0 Å². The molecule has 0 saturated heterocycles. The van der Waals surface area contributed by atoms with Crippen LogP contribution in [0.25, 0.3) is 0 Å². The Balaban J connectivity index is 3.06. The second kappa shape index (κ2) is 3.96. The maximum absolute atomic E-state index is 12.9. The minimum absolute atomic E-state index is 0.104. The molecule has 14 heavy (non-hydrogen) atoms. The Morgan fingerprint density at radius 2 is 1.79 bits per heavy atom. The van der Waals surface area contributed by atoms with Crippen molar-refractivity contribution < 1.29 is 17.6 Å². The van der Waals surface area contributed by atoms with Gasteiger partial charge in [0.1, 0.15) is 0 Å². The lowest BCUT2D eigenvalue weighted by Crippen LogP contribution is -2.18. The van der Waals surface area contributed by atoms with Gasteiger partial charge >= 0.3 is 6.18 Å². The highest BCUT2D eigenvalue weighted by Crippen LogP contribution is 2.37. The summed E-state index contributed by atoms with van der Waals surface area (Å²) < 4.78 is 49.0. The molecule has 1 nitrogen and oxygen atoms in total. The second-order valence-electron chi connectivity index (χ2n) is 2.81. The molecule has 5 heteroatoms. The molecular formula is C9H9F4N. The number of nitrogens with two attached hydrogens (primary N) is 1. The van der Waals surface area contributed by atoms with E-state index < -0.39 is 17.9 Å². The molecule has 0 aliphatic rings. The van der Waals surface area contributed by atoms with Gasteiger partial charge in [-0.3, -0.25) is 0 Å². The van der Waals surface area contributed by atoms with E-state index in [1.54, 1.807) is 0 Å². The quantitative estimate of drug-likeness (QED) is 0.741. The van der Waals surface area contributed by atoms with Crippen molar-refractivity contribution in [1.29, 1.82) is 0 Å². The normalized spacial score (nSPS) is 14.1. The summed E-state index contributed by atoms with van der Waals surface area (Å²) in [6.07, 6.45) is -7.83. The lowest BCUT2D eigenvalue weighted by molar-refractivity contribution is -0.183. The van der Waals surface area contributed by atoms with Crippen LogP contribution in [0, 0.1) is 0 Å². The highest BCUT2D eigenvalue weighted by molar-refractivity contribution is 5.29. The molecular weight excluding hydrogens is 198 g/mol. The molecule has 2 N–H and O–H groups in total. The molecule has 0 radical (unpaired) electrons. The molecule has 0 bridgehead atoms. The fourth-order valence-corrected chi connectivity index (χ4v) is 1.14. The first-order valence-electron chi connectivity index (χ1n) is 3.95. The van der Waals surface area contributed by atoms with Gasteiger partial charge in [0.15, 0.2) is 0 Å². The topological polar surface area (TPSA) is 26.0 Å². The van der Waals surface area contributed by atoms with Crippen LogP contribution in [0.2, 0.25) is 0 Å². The number of rotatable bonds is 2. The van der Waals surface area contributed by atoms with Crippen LogP contribution >= 0.6 is 0 Å². The summed E-state index contributed by atoms with van der Waals surface area (Å²) in [5, 5.41) is 0. The van der Waals surface area contributed by atoms with Gasteiger partial charge in [-0.1, -0.05) is 24.3 Å². The lowest BCUT2D eigenvalue weighted by Gasteiger charge is -2.15. The van der Waals surface area contributed by atoms with E-state index in [2.05, 4.69) is 0 Å². The average molecular weight is 207 g/mol. The smallest absolute Gasteiger partial charge is 0.326 e. The molecule has 0 aliphatic carbocycles. The Morgan fingerprint density at radius 1 is 1.21 bits per heavy atom. The average Bonchev–Trinajstić information content (AvgIpc) is 2.15. The fraction of sp³-hybridized carbons (Fsp3) is 0.333. The van der Waals surface area contributed by atoms with Crippen molar-refractivity contribution in [3.63, 3.8) is 0 Å². The summed E-state index contributed by atoms with van der Waals surface area (Å²) in [5.41, 5.74) is 4.98. The highest BCUT2D eigenvalue weighted by atomic mass is 19.4. The van der Waals surface area contributed by atoms with E-state index >= 15 is 0 Å². The maximum Gasteiger partial charge on any atom is 0.423 e.